The molecule has 0 aliphatic carbocycles. The van der Waals surface area contributed by atoms with Crippen LogP contribution in [0.4, 0.5) is 10.1 Å². The van der Waals surface area contributed by atoms with Crippen LogP contribution in [0.2, 0.25) is 0 Å². The van der Waals surface area contributed by atoms with E-state index < -0.39 is 5.82 Å². The molecule has 1 aliphatic rings. The summed E-state index contributed by atoms with van der Waals surface area (Å²) in [6.07, 6.45) is 0. The van der Waals surface area contributed by atoms with E-state index in [1.54, 1.807) is 18.2 Å². The number of aromatic nitrogens is 1. The van der Waals surface area contributed by atoms with Crippen LogP contribution < -0.4 is 10.1 Å². The number of anilines is 1. The number of benzene rings is 2. The molecule has 0 radical (unpaired) electrons. The number of aliphatic imine (C=N–C) groups is 1. The molecular formula is C20H20FN3O2. The Labute approximate surface area is 150 Å². The summed E-state index contributed by atoms with van der Waals surface area (Å²) in [4.78, 5) is 19.6. The van der Waals surface area contributed by atoms with Gasteiger partial charge in [0, 0.05) is 16.5 Å². The lowest BCUT2D eigenvalue weighted by atomic mass is 10.0. The van der Waals surface area contributed by atoms with Gasteiger partial charge in [-0.1, -0.05) is 38.1 Å². The van der Waals surface area contributed by atoms with Gasteiger partial charge in [-0.3, -0.25) is 9.79 Å². The van der Waals surface area contributed by atoms with Crippen LogP contribution in [0.1, 0.15) is 25.1 Å². The Morgan fingerprint density at radius 3 is 2.65 bits per heavy atom. The lowest BCUT2D eigenvalue weighted by Gasteiger charge is -2.09. The van der Waals surface area contributed by atoms with Gasteiger partial charge >= 0.3 is 0 Å². The lowest BCUT2D eigenvalue weighted by Crippen LogP contribution is -2.13. The minimum absolute atomic E-state index is 0.0666. The van der Waals surface area contributed by atoms with Gasteiger partial charge in [-0.2, -0.15) is 0 Å². The van der Waals surface area contributed by atoms with Gasteiger partial charge in [0.15, 0.2) is 11.6 Å². The molecule has 3 aromatic rings. The van der Waals surface area contributed by atoms with E-state index in [-0.39, 0.29) is 18.2 Å². The van der Waals surface area contributed by atoms with Crippen molar-refractivity contribution < 1.29 is 13.9 Å². The van der Waals surface area contributed by atoms with Crippen LogP contribution in [-0.4, -0.2) is 30.3 Å². The van der Waals surface area contributed by atoms with Crippen LogP contribution in [0.25, 0.3) is 10.9 Å². The molecule has 5 nitrogen and oxygen atoms in total. The molecule has 4 rings (SSSR count). The van der Waals surface area contributed by atoms with Gasteiger partial charge in [-0.25, -0.2) is 4.39 Å². The number of rotatable bonds is 2. The van der Waals surface area contributed by atoms with Gasteiger partial charge in [0.1, 0.15) is 6.54 Å². The summed E-state index contributed by atoms with van der Waals surface area (Å²) in [7, 11) is 1.41. The quantitative estimate of drug-likeness (QED) is 0.727. The van der Waals surface area contributed by atoms with E-state index in [0.29, 0.717) is 22.7 Å². The Balaban J connectivity index is 0.000000948. The first-order valence-electron chi connectivity index (χ1n) is 8.47. The summed E-state index contributed by atoms with van der Waals surface area (Å²) in [5.41, 5.74) is 2.75. The minimum atomic E-state index is -0.502. The molecule has 1 amide bonds. The fourth-order valence-corrected chi connectivity index (χ4v) is 2.93. The first kappa shape index (κ1) is 17.7. The Morgan fingerprint density at radius 2 is 1.88 bits per heavy atom. The minimum Gasteiger partial charge on any atom is -0.494 e. The first-order valence-corrected chi connectivity index (χ1v) is 8.47. The highest BCUT2D eigenvalue weighted by Crippen LogP contribution is 2.32. The molecule has 2 N–H and O–H groups in total. The van der Waals surface area contributed by atoms with Gasteiger partial charge in [-0.05, 0) is 18.2 Å². The molecule has 2 aromatic carbocycles. The van der Waals surface area contributed by atoms with E-state index in [4.69, 9.17) is 4.74 Å². The first-order chi connectivity index (χ1) is 12.7. The Morgan fingerprint density at radius 1 is 1.12 bits per heavy atom. The number of H-pyrrole nitrogens is 1. The number of ether oxygens (including phenoxy) is 1. The van der Waals surface area contributed by atoms with E-state index in [1.807, 2.05) is 38.1 Å². The molecule has 2 heterocycles. The number of halogens is 1. The van der Waals surface area contributed by atoms with E-state index in [2.05, 4.69) is 15.3 Å². The van der Waals surface area contributed by atoms with E-state index in [1.165, 1.54) is 7.11 Å². The second-order valence-corrected chi connectivity index (χ2v) is 5.46. The van der Waals surface area contributed by atoms with Crippen molar-refractivity contribution in [2.24, 2.45) is 4.99 Å². The molecule has 0 spiro atoms. The summed E-state index contributed by atoms with van der Waals surface area (Å²) in [5.74, 6) is -0.603. The van der Waals surface area contributed by atoms with Crippen molar-refractivity contribution >= 4 is 28.2 Å². The number of nitrogens with zero attached hydrogens (tertiary/aromatic N) is 1. The number of nitrogens with one attached hydrogen (secondary N) is 2. The van der Waals surface area contributed by atoms with Gasteiger partial charge in [0.2, 0.25) is 5.91 Å². The van der Waals surface area contributed by atoms with Gasteiger partial charge < -0.3 is 15.0 Å². The number of fused-ring (bicyclic) bond motifs is 3. The lowest BCUT2D eigenvalue weighted by molar-refractivity contribution is -0.114. The average molecular weight is 353 g/mol. The molecule has 0 saturated carbocycles. The second-order valence-electron chi connectivity index (χ2n) is 5.46. The normalized spacial score (nSPS) is 13.1. The molecule has 6 heteroatoms. The molecule has 26 heavy (non-hydrogen) atoms. The number of hydrogen-bond acceptors (Lipinski definition) is 3. The fraction of sp³-hybridized carbons (Fsp3) is 0.200. The smallest absolute Gasteiger partial charge is 0.246 e. The predicted octanol–water partition coefficient (Wildman–Crippen LogP) is 4.13. The summed E-state index contributed by atoms with van der Waals surface area (Å²) >= 11 is 0. The largest absolute Gasteiger partial charge is 0.494 e. The Hall–Kier alpha value is -3.15. The number of aromatic amines is 1. The van der Waals surface area contributed by atoms with Crippen molar-refractivity contribution in [1.82, 2.24) is 4.98 Å². The van der Waals surface area contributed by atoms with E-state index in [0.717, 1.165) is 10.9 Å². The van der Waals surface area contributed by atoms with E-state index >= 15 is 0 Å². The predicted molar refractivity (Wildman–Crippen MR) is 102 cm³/mol. The number of carbonyl (C=O) groups excluding carboxylic acids is 1. The number of amides is 1. The standard InChI is InChI=1S/C18H14FN3O2.C2H6/c1-24-13-8-4-6-11(15(13)19)16-18-17(22-14(23)9-20-16)10-5-2-3-7-12(10)21-18;1-2/h2-8,21H,9H2,1H3,(H,22,23);1-2H3. The van der Waals surface area contributed by atoms with Crippen molar-refractivity contribution in [2.75, 3.05) is 19.0 Å². The molecule has 1 aromatic heterocycles. The maximum atomic E-state index is 14.7. The average Bonchev–Trinajstić information content (AvgIpc) is 2.94. The molecule has 0 atom stereocenters. The summed E-state index contributed by atoms with van der Waals surface area (Å²) in [6.45, 7) is 3.93. The van der Waals surface area contributed by atoms with Crippen LogP contribution in [0.3, 0.4) is 0 Å². The highest BCUT2D eigenvalue weighted by molar-refractivity contribution is 6.22. The fourth-order valence-electron chi connectivity index (χ4n) is 2.93. The summed E-state index contributed by atoms with van der Waals surface area (Å²) < 4.78 is 19.8. The maximum Gasteiger partial charge on any atom is 0.246 e. The highest BCUT2D eigenvalue weighted by atomic mass is 19.1. The molecule has 134 valence electrons. The van der Waals surface area contributed by atoms with Crippen molar-refractivity contribution in [3.63, 3.8) is 0 Å². The number of carbonyl (C=O) groups is 1. The van der Waals surface area contributed by atoms with Crippen molar-refractivity contribution in [3.05, 3.63) is 59.5 Å². The van der Waals surface area contributed by atoms with Crippen LogP contribution >= 0.6 is 0 Å². The molecule has 0 saturated heterocycles. The molecule has 1 aliphatic heterocycles. The Kier molecular flexibility index (Phi) is 5.02. The van der Waals surface area contributed by atoms with Crippen molar-refractivity contribution in [2.45, 2.75) is 13.8 Å². The highest BCUT2D eigenvalue weighted by Gasteiger charge is 2.25. The SMILES string of the molecule is CC.COc1cccc(C2=NCC(=O)Nc3c2[nH]c2ccccc32)c1F. The molecule has 0 fully saturated rings. The monoisotopic (exact) mass is 353 g/mol. The number of hydrogen-bond donors (Lipinski definition) is 2. The molecular weight excluding hydrogens is 333 g/mol. The third kappa shape index (κ3) is 2.94. The van der Waals surface area contributed by atoms with Gasteiger partial charge in [-0.15, -0.1) is 0 Å². The zero-order valence-corrected chi connectivity index (χ0v) is 14.9. The second kappa shape index (κ2) is 7.39. The van der Waals surface area contributed by atoms with Crippen LogP contribution in [0.15, 0.2) is 47.5 Å². The van der Waals surface area contributed by atoms with Crippen molar-refractivity contribution in [3.8, 4) is 5.75 Å². The van der Waals surface area contributed by atoms with E-state index in [9.17, 15) is 9.18 Å². The summed E-state index contributed by atoms with van der Waals surface area (Å²) in [6, 6.07) is 12.4. The van der Waals surface area contributed by atoms with Crippen LogP contribution in [0, 0.1) is 5.82 Å². The van der Waals surface area contributed by atoms with Crippen LogP contribution in [0.5, 0.6) is 5.75 Å². The Bertz CT molecular complexity index is 992. The zero-order chi connectivity index (χ0) is 18.7. The molecule has 0 bridgehead atoms. The zero-order valence-electron chi connectivity index (χ0n) is 14.9. The third-order valence-electron chi connectivity index (χ3n) is 4.03. The number of para-hydroxylation sites is 1. The van der Waals surface area contributed by atoms with Crippen molar-refractivity contribution in [1.29, 1.82) is 0 Å². The summed E-state index contributed by atoms with van der Waals surface area (Å²) in [5, 5.41) is 3.71. The van der Waals surface area contributed by atoms with Gasteiger partial charge in [0.25, 0.3) is 0 Å². The third-order valence-corrected chi connectivity index (χ3v) is 4.03. The maximum absolute atomic E-state index is 14.7. The number of methoxy groups -OCH3 is 1. The molecule has 0 unspecified atom stereocenters. The topological polar surface area (TPSA) is 66.5 Å². The van der Waals surface area contributed by atoms with Crippen LogP contribution in [-0.2, 0) is 4.79 Å². The van der Waals surface area contributed by atoms with Gasteiger partial charge in [0.05, 0.1) is 24.2 Å².